The Balaban J connectivity index is 1.70. The van der Waals surface area contributed by atoms with Crippen LogP contribution in [0.3, 0.4) is 0 Å². The largest absolute Gasteiger partial charge is 0.489 e. The molecule has 0 saturated carbocycles. The molecule has 0 bridgehead atoms. The van der Waals surface area contributed by atoms with Crippen LogP contribution in [0.25, 0.3) is 0 Å². The van der Waals surface area contributed by atoms with Gasteiger partial charge in [-0.2, -0.15) is 0 Å². The standard InChI is InChI=1S/C23H27N3O3/c1-16-21(17(2)29-25-16)15-28-20-12-8-11-19(13-20)23(27)24-22(14-26(3)4)18-9-6-5-7-10-18/h5-13,22H,14-15H2,1-4H3,(H,24,27)/p+1/t22-/m0/s1. The van der Waals surface area contributed by atoms with Crippen LogP contribution < -0.4 is 15.0 Å². The van der Waals surface area contributed by atoms with Crippen LogP contribution in [0.15, 0.2) is 59.1 Å². The highest BCUT2D eigenvalue weighted by molar-refractivity contribution is 5.94. The zero-order valence-electron chi connectivity index (χ0n) is 17.4. The van der Waals surface area contributed by atoms with Gasteiger partial charge in [0.1, 0.15) is 30.7 Å². The van der Waals surface area contributed by atoms with Gasteiger partial charge in [-0.3, -0.25) is 4.79 Å². The van der Waals surface area contributed by atoms with Crippen molar-refractivity contribution < 1.29 is 19.0 Å². The molecule has 0 aliphatic carbocycles. The van der Waals surface area contributed by atoms with Crippen molar-refractivity contribution in [2.45, 2.75) is 26.5 Å². The number of hydrogen-bond donors (Lipinski definition) is 2. The Morgan fingerprint density at radius 2 is 1.90 bits per heavy atom. The maximum atomic E-state index is 12.9. The minimum Gasteiger partial charge on any atom is -0.489 e. The van der Waals surface area contributed by atoms with Crippen LogP contribution in [-0.4, -0.2) is 31.7 Å². The minimum absolute atomic E-state index is 0.0689. The highest BCUT2D eigenvalue weighted by atomic mass is 16.5. The van der Waals surface area contributed by atoms with Crippen molar-refractivity contribution in [2.24, 2.45) is 0 Å². The third-order valence-electron chi connectivity index (χ3n) is 4.78. The van der Waals surface area contributed by atoms with Crippen molar-refractivity contribution in [3.63, 3.8) is 0 Å². The lowest BCUT2D eigenvalue weighted by atomic mass is 10.1. The van der Waals surface area contributed by atoms with Gasteiger partial charge in [-0.25, -0.2) is 0 Å². The molecule has 152 valence electrons. The number of amides is 1. The summed E-state index contributed by atoms with van der Waals surface area (Å²) in [7, 11) is 4.15. The van der Waals surface area contributed by atoms with Crippen molar-refractivity contribution >= 4 is 5.91 Å². The summed E-state index contributed by atoms with van der Waals surface area (Å²) in [6.45, 7) is 4.88. The number of hydrogen-bond acceptors (Lipinski definition) is 4. The Hall–Kier alpha value is -3.12. The van der Waals surface area contributed by atoms with Gasteiger partial charge in [-0.1, -0.05) is 41.6 Å². The Morgan fingerprint density at radius 1 is 1.14 bits per heavy atom. The Morgan fingerprint density at radius 3 is 2.55 bits per heavy atom. The summed E-state index contributed by atoms with van der Waals surface area (Å²) >= 11 is 0. The molecule has 6 nitrogen and oxygen atoms in total. The van der Waals surface area contributed by atoms with E-state index in [9.17, 15) is 4.79 Å². The molecule has 3 aromatic rings. The molecule has 0 unspecified atom stereocenters. The number of quaternary nitrogens is 1. The Kier molecular flexibility index (Phi) is 6.67. The van der Waals surface area contributed by atoms with Crippen molar-refractivity contribution in [3.05, 3.63) is 82.7 Å². The second kappa shape index (κ2) is 9.39. The molecule has 0 aliphatic heterocycles. The molecule has 3 rings (SSSR count). The smallest absolute Gasteiger partial charge is 0.252 e. The quantitative estimate of drug-likeness (QED) is 0.616. The summed E-state index contributed by atoms with van der Waals surface area (Å²) in [5.41, 5.74) is 3.40. The summed E-state index contributed by atoms with van der Waals surface area (Å²) in [5, 5.41) is 7.09. The molecule has 1 amide bonds. The highest BCUT2D eigenvalue weighted by Gasteiger charge is 2.19. The highest BCUT2D eigenvalue weighted by Crippen LogP contribution is 2.19. The van der Waals surface area contributed by atoms with Crippen LogP contribution in [0, 0.1) is 13.8 Å². The van der Waals surface area contributed by atoms with Crippen LogP contribution in [0.4, 0.5) is 0 Å². The number of benzene rings is 2. The van der Waals surface area contributed by atoms with Gasteiger partial charge >= 0.3 is 0 Å². The molecule has 1 atom stereocenters. The van der Waals surface area contributed by atoms with Gasteiger partial charge in [0.05, 0.1) is 25.4 Å². The summed E-state index contributed by atoms with van der Waals surface area (Å²) < 4.78 is 11.0. The molecule has 0 aliphatic rings. The van der Waals surface area contributed by atoms with Gasteiger partial charge < -0.3 is 19.5 Å². The average molecular weight is 394 g/mol. The number of aryl methyl sites for hydroxylation is 2. The summed E-state index contributed by atoms with van der Waals surface area (Å²) in [6, 6.07) is 17.2. The van der Waals surface area contributed by atoms with E-state index in [1.165, 1.54) is 4.90 Å². The van der Waals surface area contributed by atoms with Crippen LogP contribution >= 0.6 is 0 Å². The predicted octanol–water partition coefficient (Wildman–Crippen LogP) is 2.49. The number of carbonyl (C=O) groups excluding carboxylic acids is 1. The van der Waals surface area contributed by atoms with E-state index >= 15 is 0 Å². The monoisotopic (exact) mass is 394 g/mol. The zero-order chi connectivity index (χ0) is 20.8. The maximum absolute atomic E-state index is 12.9. The van der Waals surface area contributed by atoms with Gasteiger partial charge in [-0.15, -0.1) is 0 Å². The lowest BCUT2D eigenvalue weighted by Gasteiger charge is -2.21. The molecule has 1 aromatic heterocycles. The van der Waals surface area contributed by atoms with Gasteiger partial charge in [0, 0.05) is 5.56 Å². The molecule has 2 N–H and O–H groups in total. The number of aromatic nitrogens is 1. The molecular weight excluding hydrogens is 366 g/mol. The van der Waals surface area contributed by atoms with E-state index in [1.54, 1.807) is 12.1 Å². The van der Waals surface area contributed by atoms with Gasteiger partial charge in [0.2, 0.25) is 0 Å². The molecule has 29 heavy (non-hydrogen) atoms. The first-order chi connectivity index (χ1) is 13.9. The van der Waals surface area contributed by atoms with E-state index in [0.29, 0.717) is 17.9 Å². The van der Waals surface area contributed by atoms with E-state index in [-0.39, 0.29) is 11.9 Å². The number of carbonyl (C=O) groups is 1. The zero-order valence-corrected chi connectivity index (χ0v) is 17.4. The van der Waals surface area contributed by atoms with Crippen LogP contribution in [0.1, 0.15) is 39.0 Å². The molecular formula is C23H28N3O3+. The number of nitrogens with one attached hydrogen (secondary N) is 2. The third-order valence-corrected chi connectivity index (χ3v) is 4.78. The second-order valence-electron chi connectivity index (χ2n) is 7.47. The van der Waals surface area contributed by atoms with Gasteiger partial charge in [0.15, 0.2) is 0 Å². The van der Waals surface area contributed by atoms with E-state index in [4.69, 9.17) is 9.26 Å². The van der Waals surface area contributed by atoms with Crippen molar-refractivity contribution in [2.75, 3.05) is 20.6 Å². The van der Waals surface area contributed by atoms with Crippen molar-refractivity contribution in [1.29, 1.82) is 0 Å². The Bertz CT molecular complexity index is 932. The van der Waals surface area contributed by atoms with Crippen molar-refractivity contribution in [3.8, 4) is 5.75 Å². The maximum Gasteiger partial charge on any atom is 0.252 e. The first-order valence-corrected chi connectivity index (χ1v) is 9.73. The lowest BCUT2D eigenvalue weighted by Crippen LogP contribution is -3.06. The van der Waals surface area contributed by atoms with E-state index in [1.807, 2.05) is 56.3 Å². The van der Waals surface area contributed by atoms with Crippen LogP contribution in [0.2, 0.25) is 0 Å². The van der Waals surface area contributed by atoms with E-state index < -0.39 is 0 Å². The molecule has 6 heteroatoms. The minimum atomic E-state index is -0.122. The van der Waals surface area contributed by atoms with Gasteiger partial charge in [0.25, 0.3) is 5.91 Å². The SMILES string of the molecule is Cc1noc(C)c1COc1cccc(C(=O)N[C@@H](C[NH+](C)C)c2ccccc2)c1. The number of nitrogens with zero attached hydrogens (tertiary/aromatic N) is 1. The van der Waals surface area contributed by atoms with Gasteiger partial charge in [-0.05, 0) is 37.6 Å². The normalized spacial score (nSPS) is 12.0. The molecule has 2 aromatic carbocycles. The van der Waals surface area contributed by atoms with E-state index in [2.05, 4.69) is 24.6 Å². The summed E-state index contributed by atoms with van der Waals surface area (Å²) in [5.74, 6) is 1.25. The van der Waals surface area contributed by atoms with Crippen LogP contribution in [0.5, 0.6) is 5.75 Å². The number of rotatable bonds is 8. The molecule has 0 radical (unpaired) electrons. The van der Waals surface area contributed by atoms with Crippen molar-refractivity contribution in [1.82, 2.24) is 10.5 Å². The predicted molar refractivity (Wildman–Crippen MR) is 111 cm³/mol. The molecule has 0 saturated heterocycles. The third kappa shape index (κ3) is 5.45. The fourth-order valence-corrected chi connectivity index (χ4v) is 3.18. The molecule has 1 heterocycles. The number of ether oxygens (including phenoxy) is 1. The lowest BCUT2D eigenvalue weighted by molar-refractivity contribution is -0.860. The first-order valence-electron chi connectivity index (χ1n) is 9.73. The molecule has 0 fully saturated rings. The number of likely N-dealkylation sites (N-methyl/N-ethyl adjacent to an activating group) is 1. The average Bonchev–Trinajstić information content (AvgIpc) is 3.04. The Labute approximate surface area is 171 Å². The topological polar surface area (TPSA) is 68.8 Å². The molecule has 0 spiro atoms. The fraction of sp³-hybridized carbons (Fsp3) is 0.304. The van der Waals surface area contributed by atoms with Crippen LogP contribution in [-0.2, 0) is 6.61 Å². The van der Waals surface area contributed by atoms with E-state index in [0.717, 1.165) is 29.1 Å². The summed E-state index contributed by atoms with van der Waals surface area (Å²) in [4.78, 5) is 14.2. The fourth-order valence-electron chi connectivity index (χ4n) is 3.18. The summed E-state index contributed by atoms with van der Waals surface area (Å²) in [6.07, 6.45) is 0. The second-order valence-corrected chi connectivity index (χ2v) is 7.47. The first kappa shape index (κ1) is 20.6.